The maximum Gasteiger partial charge on any atom is 0.115 e. The molecule has 1 N–H and O–H groups in total. The Bertz CT molecular complexity index is 542. The van der Waals surface area contributed by atoms with E-state index in [1.807, 2.05) is 10.9 Å². The zero-order valence-electron chi connectivity index (χ0n) is 12.9. The zero-order valence-corrected chi connectivity index (χ0v) is 13.7. The Kier molecular flexibility index (Phi) is 4.94. The maximum absolute atomic E-state index is 4.79. The largest absolute Gasteiger partial charge is 0.302 e. The molecule has 20 heavy (non-hydrogen) atoms. The lowest BCUT2D eigenvalue weighted by molar-refractivity contribution is 0.525. The van der Waals surface area contributed by atoms with Crippen LogP contribution in [0.3, 0.4) is 0 Å². The Labute approximate surface area is 125 Å². The van der Waals surface area contributed by atoms with E-state index in [-0.39, 0.29) is 6.04 Å². The van der Waals surface area contributed by atoms with Crippen molar-refractivity contribution in [1.82, 2.24) is 20.1 Å². The molecule has 0 aliphatic rings. The number of aryl methyl sites for hydroxylation is 1. The van der Waals surface area contributed by atoms with Crippen LogP contribution in [0.2, 0.25) is 0 Å². The summed E-state index contributed by atoms with van der Waals surface area (Å²) < 4.78 is 1.96. The fourth-order valence-electron chi connectivity index (χ4n) is 2.04. The molecule has 0 fully saturated rings. The standard InChI is InChI=1S/C15H24N4S/c1-6-19-8-12(7-16-19)14(17-11(4)5)15-18-13(9-20-15)10(2)3/h7-11,14,17H,6H2,1-5H3. The fourth-order valence-corrected chi connectivity index (χ4v) is 3.11. The van der Waals surface area contributed by atoms with Gasteiger partial charge in [0.05, 0.1) is 17.9 Å². The van der Waals surface area contributed by atoms with Gasteiger partial charge >= 0.3 is 0 Å². The molecule has 0 amide bonds. The van der Waals surface area contributed by atoms with Gasteiger partial charge in [-0.25, -0.2) is 4.98 Å². The molecule has 2 heterocycles. The lowest BCUT2D eigenvalue weighted by atomic mass is 10.1. The van der Waals surface area contributed by atoms with E-state index in [1.165, 1.54) is 11.3 Å². The molecule has 1 unspecified atom stereocenters. The molecule has 0 aliphatic heterocycles. The normalized spacial score (nSPS) is 13.3. The third-order valence-electron chi connectivity index (χ3n) is 3.19. The maximum atomic E-state index is 4.79. The highest BCUT2D eigenvalue weighted by Gasteiger charge is 2.20. The summed E-state index contributed by atoms with van der Waals surface area (Å²) in [4.78, 5) is 4.79. The molecule has 0 aliphatic carbocycles. The van der Waals surface area contributed by atoms with Crippen LogP contribution in [0.15, 0.2) is 17.8 Å². The SMILES string of the molecule is CCn1cc(C(NC(C)C)c2nc(C(C)C)cs2)cn1. The Balaban J connectivity index is 2.30. The molecular weight excluding hydrogens is 268 g/mol. The summed E-state index contributed by atoms with van der Waals surface area (Å²) in [6.45, 7) is 11.7. The first kappa shape index (κ1) is 15.2. The van der Waals surface area contributed by atoms with E-state index >= 15 is 0 Å². The average Bonchev–Trinajstić information content (AvgIpc) is 3.05. The Morgan fingerprint density at radius 3 is 2.55 bits per heavy atom. The minimum absolute atomic E-state index is 0.132. The first-order chi connectivity index (χ1) is 9.51. The van der Waals surface area contributed by atoms with E-state index in [2.05, 4.69) is 56.6 Å². The van der Waals surface area contributed by atoms with Crippen molar-refractivity contribution in [3.63, 3.8) is 0 Å². The Hall–Kier alpha value is -1.20. The van der Waals surface area contributed by atoms with Crippen LogP contribution in [-0.2, 0) is 6.54 Å². The van der Waals surface area contributed by atoms with E-state index in [0.29, 0.717) is 12.0 Å². The average molecular weight is 292 g/mol. The van der Waals surface area contributed by atoms with E-state index in [1.54, 1.807) is 11.3 Å². The van der Waals surface area contributed by atoms with Gasteiger partial charge in [0.2, 0.25) is 0 Å². The predicted molar refractivity (Wildman–Crippen MR) is 84.2 cm³/mol. The number of thiazole rings is 1. The lowest BCUT2D eigenvalue weighted by Gasteiger charge is -2.18. The van der Waals surface area contributed by atoms with Gasteiger partial charge in [0, 0.05) is 29.7 Å². The first-order valence-electron chi connectivity index (χ1n) is 7.25. The molecule has 4 nitrogen and oxygen atoms in total. The quantitative estimate of drug-likeness (QED) is 0.885. The van der Waals surface area contributed by atoms with Crippen molar-refractivity contribution in [2.24, 2.45) is 0 Å². The molecule has 0 saturated carbocycles. The molecule has 0 bridgehead atoms. The minimum Gasteiger partial charge on any atom is -0.302 e. The van der Waals surface area contributed by atoms with E-state index in [9.17, 15) is 0 Å². The summed E-state index contributed by atoms with van der Waals surface area (Å²) in [5.41, 5.74) is 2.36. The van der Waals surface area contributed by atoms with Gasteiger partial charge in [0.25, 0.3) is 0 Å². The molecule has 110 valence electrons. The van der Waals surface area contributed by atoms with Crippen LogP contribution < -0.4 is 5.32 Å². The number of aromatic nitrogens is 3. The second kappa shape index (κ2) is 6.50. The van der Waals surface area contributed by atoms with Crippen LogP contribution in [0, 0.1) is 0 Å². The number of hydrogen-bond acceptors (Lipinski definition) is 4. The lowest BCUT2D eigenvalue weighted by Crippen LogP contribution is -2.28. The van der Waals surface area contributed by atoms with Crippen molar-refractivity contribution < 1.29 is 0 Å². The number of nitrogens with zero attached hydrogens (tertiary/aromatic N) is 3. The highest BCUT2D eigenvalue weighted by Crippen LogP contribution is 2.27. The first-order valence-corrected chi connectivity index (χ1v) is 8.13. The molecule has 0 spiro atoms. The van der Waals surface area contributed by atoms with Crippen LogP contribution in [0.4, 0.5) is 0 Å². The van der Waals surface area contributed by atoms with E-state index in [4.69, 9.17) is 4.98 Å². The summed E-state index contributed by atoms with van der Waals surface area (Å²) in [5, 5.41) is 11.3. The van der Waals surface area contributed by atoms with Crippen molar-refractivity contribution in [3.05, 3.63) is 34.0 Å². The summed E-state index contributed by atoms with van der Waals surface area (Å²) in [5.74, 6) is 0.470. The molecule has 2 rings (SSSR count). The Morgan fingerprint density at radius 2 is 2.05 bits per heavy atom. The van der Waals surface area contributed by atoms with E-state index < -0.39 is 0 Å². The van der Waals surface area contributed by atoms with Gasteiger partial charge in [-0.3, -0.25) is 4.68 Å². The van der Waals surface area contributed by atoms with Crippen molar-refractivity contribution >= 4 is 11.3 Å². The number of nitrogens with one attached hydrogen (secondary N) is 1. The third-order valence-corrected chi connectivity index (χ3v) is 4.12. The summed E-state index contributed by atoms with van der Waals surface area (Å²) in [7, 11) is 0. The van der Waals surface area contributed by atoms with Crippen LogP contribution in [0.25, 0.3) is 0 Å². The summed E-state index contributed by atoms with van der Waals surface area (Å²) in [6.07, 6.45) is 4.05. The molecule has 1 atom stereocenters. The van der Waals surface area contributed by atoms with Crippen molar-refractivity contribution in [2.75, 3.05) is 0 Å². The van der Waals surface area contributed by atoms with Crippen LogP contribution in [0.1, 0.15) is 62.8 Å². The minimum atomic E-state index is 0.132. The molecule has 0 radical (unpaired) electrons. The van der Waals surface area contributed by atoms with E-state index in [0.717, 1.165) is 11.6 Å². The van der Waals surface area contributed by atoms with Crippen LogP contribution in [0.5, 0.6) is 0 Å². The highest BCUT2D eigenvalue weighted by atomic mass is 32.1. The molecule has 0 aromatic carbocycles. The smallest absolute Gasteiger partial charge is 0.115 e. The molecule has 2 aromatic heterocycles. The fraction of sp³-hybridized carbons (Fsp3) is 0.600. The van der Waals surface area contributed by atoms with Crippen LogP contribution >= 0.6 is 11.3 Å². The monoisotopic (exact) mass is 292 g/mol. The predicted octanol–water partition coefficient (Wildman–Crippen LogP) is 3.57. The third kappa shape index (κ3) is 3.46. The summed E-state index contributed by atoms with van der Waals surface area (Å²) >= 11 is 1.73. The highest BCUT2D eigenvalue weighted by molar-refractivity contribution is 7.09. The van der Waals surface area contributed by atoms with Gasteiger partial charge in [-0.15, -0.1) is 11.3 Å². The van der Waals surface area contributed by atoms with Crippen molar-refractivity contribution in [3.8, 4) is 0 Å². The zero-order chi connectivity index (χ0) is 14.7. The second-order valence-electron chi connectivity index (χ2n) is 5.65. The number of rotatable bonds is 6. The summed E-state index contributed by atoms with van der Waals surface area (Å²) in [6, 6.07) is 0.532. The van der Waals surface area contributed by atoms with Gasteiger partial charge < -0.3 is 5.32 Å². The molecule has 5 heteroatoms. The van der Waals surface area contributed by atoms with Crippen molar-refractivity contribution in [1.29, 1.82) is 0 Å². The van der Waals surface area contributed by atoms with Gasteiger partial charge in [0.1, 0.15) is 5.01 Å². The van der Waals surface area contributed by atoms with Gasteiger partial charge in [0.15, 0.2) is 0 Å². The van der Waals surface area contributed by atoms with Gasteiger partial charge in [-0.1, -0.05) is 13.8 Å². The van der Waals surface area contributed by atoms with Gasteiger partial charge in [-0.05, 0) is 26.7 Å². The van der Waals surface area contributed by atoms with Gasteiger partial charge in [-0.2, -0.15) is 5.10 Å². The topological polar surface area (TPSA) is 42.7 Å². The van der Waals surface area contributed by atoms with Crippen molar-refractivity contribution in [2.45, 2.75) is 59.2 Å². The Morgan fingerprint density at radius 1 is 1.30 bits per heavy atom. The number of hydrogen-bond donors (Lipinski definition) is 1. The molecular formula is C15H24N4S. The molecule has 0 saturated heterocycles. The van der Waals surface area contributed by atoms with Crippen LogP contribution in [-0.4, -0.2) is 20.8 Å². The second-order valence-corrected chi connectivity index (χ2v) is 6.54. The molecule has 2 aromatic rings.